The minimum atomic E-state index is -0.179. The van der Waals surface area contributed by atoms with Crippen LogP contribution in [0.4, 0.5) is 0 Å². The number of nitrogens with zero attached hydrogens (tertiary/aromatic N) is 2. The molecule has 0 aliphatic carbocycles. The Kier molecular flexibility index (Phi) is 2.82. The average molecular weight is 283 g/mol. The van der Waals surface area contributed by atoms with Crippen molar-refractivity contribution in [3.05, 3.63) is 35.8 Å². The summed E-state index contributed by atoms with van der Waals surface area (Å²) in [4.78, 5) is 4.26. The van der Waals surface area contributed by atoms with Crippen molar-refractivity contribution < 1.29 is 4.74 Å². The number of pyridine rings is 1. The highest BCUT2D eigenvalue weighted by Crippen LogP contribution is 2.49. The summed E-state index contributed by atoms with van der Waals surface area (Å²) in [6.07, 6.45) is 5.75. The molecule has 110 valence electrons. The third-order valence-corrected chi connectivity index (χ3v) is 4.87. The van der Waals surface area contributed by atoms with Gasteiger partial charge in [0.25, 0.3) is 0 Å². The van der Waals surface area contributed by atoms with E-state index in [0.717, 1.165) is 38.2 Å². The fourth-order valence-corrected chi connectivity index (χ4v) is 3.85. The topological polar surface area (TPSA) is 39.1 Å². The van der Waals surface area contributed by atoms with Crippen LogP contribution in [0.5, 0.6) is 5.75 Å². The van der Waals surface area contributed by atoms with Crippen LogP contribution in [0, 0.1) is 6.92 Å². The number of fused-ring (bicyclic) bond motifs is 4. The van der Waals surface area contributed by atoms with Crippen molar-refractivity contribution in [2.45, 2.75) is 38.8 Å². The second-order valence-electron chi connectivity index (χ2n) is 6.01. The first-order valence-electron chi connectivity index (χ1n) is 7.80. The van der Waals surface area contributed by atoms with Crippen molar-refractivity contribution in [2.24, 2.45) is 0 Å². The summed E-state index contributed by atoms with van der Waals surface area (Å²) in [6.45, 7) is 7.39. The van der Waals surface area contributed by atoms with Crippen molar-refractivity contribution in [3.63, 3.8) is 0 Å². The van der Waals surface area contributed by atoms with Crippen molar-refractivity contribution in [2.75, 3.05) is 13.1 Å². The molecule has 0 radical (unpaired) electrons. The summed E-state index contributed by atoms with van der Waals surface area (Å²) in [5.41, 5.74) is 5.01. The van der Waals surface area contributed by atoms with Gasteiger partial charge in [0.1, 0.15) is 11.4 Å². The molecule has 4 nitrogen and oxygen atoms in total. The minimum Gasteiger partial charge on any atom is -0.480 e. The lowest BCUT2D eigenvalue weighted by Gasteiger charge is -2.41. The quantitative estimate of drug-likeness (QED) is 0.874. The number of aryl methyl sites for hydroxylation is 1. The first-order chi connectivity index (χ1) is 10.2. The smallest absolute Gasteiger partial charge is 0.148 e. The summed E-state index contributed by atoms with van der Waals surface area (Å²) in [5.74, 6) is 0.930. The normalized spacial score (nSPS) is 19.0. The molecule has 1 fully saturated rings. The third-order valence-electron chi connectivity index (χ3n) is 4.87. The molecule has 2 aromatic heterocycles. The summed E-state index contributed by atoms with van der Waals surface area (Å²) in [6, 6.07) is 4.40. The molecule has 2 aliphatic rings. The third kappa shape index (κ3) is 1.75. The number of piperidine rings is 1. The Morgan fingerprint density at radius 2 is 2.19 bits per heavy atom. The number of rotatable bonds is 1. The second kappa shape index (κ2) is 4.60. The molecular weight excluding hydrogens is 262 g/mol. The number of hydrogen-bond acceptors (Lipinski definition) is 3. The van der Waals surface area contributed by atoms with Crippen LogP contribution in [0.25, 0.3) is 11.3 Å². The van der Waals surface area contributed by atoms with Crippen LogP contribution in [0.1, 0.15) is 31.0 Å². The monoisotopic (exact) mass is 283 g/mol. The zero-order chi connectivity index (χ0) is 14.4. The van der Waals surface area contributed by atoms with Crippen LogP contribution >= 0.6 is 0 Å². The lowest BCUT2D eigenvalue weighted by Crippen LogP contribution is -2.45. The van der Waals surface area contributed by atoms with Crippen LogP contribution in [0.2, 0.25) is 0 Å². The highest BCUT2D eigenvalue weighted by Gasteiger charge is 2.43. The molecule has 21 heavy (non-hydrogen) atoms. The van der Waals surface area contributed by atoms with Crippen molar-refractivity contribution in [3.8, 4) is 17.0 Å². The predicted octanol–water partition coefficient (Wildman–Crippen LogP) is 2.85. The van der Waals surface area contributed by atoms with E-state index in [-0.39, 0.29) is 5.60 Å². The van der Waals surface area contributed by atoms with E-state index in [9.17, 15) is 0 Å². The molecule has 0 saturated carbocycles. The molecule has 4 heteroatoms. The Morgan fingerprint density at radius 1 is 1.38 bits per heavy atom. The van der Waals surface area contributed by atoms with Crippen LogP contribution in [0.3, 0.4) is 0 Å². The zero-order valence-corrected chi connectivity index (χ0v) is 12.6. The van der Waals surface area contributed by atoms with E-state index in [0.29, 0.717) is 0 Å². The first-order valence-corrected chi connectivity index (χ1v) is 7.80. The number of aromatic nitrogens is 2. The molecule has 0 aromatic carbocycles. The van der Waals surface area contributed by atoms with Gasteiger partial charge in [-0.3, -0.25) is 4.98 Å². The molecular formula is C17H21N3O. The Bertz CT molecular complexity index is 683. The maximum atomic E-state index is 6.48. The van der Waals surface area contributed by atoms with E-state index in [2.05, 4.69) is 40.8 Å². The van der Waals surface area contributed by atoms with Gasteiger partial charge in [0.05, 0.1) is 11.9 Å². The summed E-state index contributed by atoms with van der Waals surface area (Å²) >= 11 is 0. The zero-order valence-electron chi connectivity index (χ0n) is 12.6. The molecule has 1 saturated heterocycles. The van der Waals surface area contributed by atoms with Gasteiger partial charge in [0.15, 0.2) is 0 Å². The lowest BCUT2D eigenvalue weighted by atomic mass is 9.81. The van der Waals surface area contributed by atoms with Crippen molar-refractivity contribution >= 4 is 0 Å². The molecule has 0 atom stereocenters. The van der Waals surface area contributed by atoms with E-state index in [1.165, 1.54) is 22.5 Å². The van der Waals surface area contributed by atoms with Gasteiger partial charge < -0.3 is 14.6 Å². The Morgan fingerprint density at radius 3 is 2.95 bits per heavy atom. The summed E-state index contributed by atoms with van der Waals surface area (Å²) < 4.78 is 8.89. The van der Waals surface area contributed by atoms with Gasteiger partial charge in [0.2, 0.25) is 0 Å². The number of ether oxygens (including phenoxy) is 1. The van der Waals surface area contributed by atoms with E-state index >= 15 is 0 Å². The van der Waals surface area contributed by atoms with Crippen LogP contribution in [-0.4, -0.2) is 22.6 Å². The molecule has 0 unspecified atom stereocenters. The van der Waals surface area contributed by atoms with Gasteiger partial charge in [-0.05, 0) is 39.1 Å². The molecule has 2 aliphatic heterocycles. The second-order valence-corrected chi connectivity index (χ2v) is 6.01. The Hall–Kier alpha value is -1.81. The van der Waals surface area contributed by atoms with Gasteiger partial charge in [-0.15, -0.1) is 0 Å². The van der Waals surface area contributed by atoms with Gasteiger partial charge in [0, 0.05) is 42.4 Å². The first kappa shape index (κ1) is 12.9. The van der Waals surface area contributed by atoms with Gasteiger partial charge >= 0.3 is 0 Å². The Balaban J connectivity index is 1.99. The minimum absolute atomic E-state index is 0.179. The largest absolute Gasteiger partial charge is 0.480 e. The SMILES string of the molecule is CCn1c(C)cc2c1-c1ccncc1OC21CCNCC1. The van der Waals surface area contributed by atoms with Crippen LogP contribution < -0.4 is 10.1 Å². The predicted molar refractivity (Wildman–Crippen MR) is 82.5 cm³/mol. The van der Waals surface area contributed by atoms with Crippen LogP contribution in [0.15, 0.2) is 24.5 Å². The lowest BCUT2D eigenvalue weighted by molar-refractivity contribution is 0.0303. The Labute approximate surface area is 125 Å². The van der Waals surface area contributed by atoms with Crippen LogP contribution in [-0.2, 0) is 12.1 Å². The van der Waals surface area contributed by atoms with E-state index in [1.807, 2.05) is 12.4 Å². The molecule has 2 aromatic rings. The van der Waals surface area contributed by atoms with Gasteiger partial charge in [-0.1, -0.05) is 0 Å². The molecule has 4 rings (SSSR count). The van der Waals surface area contributed by atoms with Crippen molar-refractivity contribution in [1.82, 2.24) is 14.9 Å². The molecule has 4 heterocycles. The fourth-order valence-electron chi connectivity index (χ4n) is 3.85. The molecule has 1 spiro atoms. The highest BCUT2D eigenvalue weighted by molar-refractivity contribution is 5.74. The average Bonchev–Trinajstić information content (AvgIpc) is 2.86. The number of hydrogen-bond donors (Lipinski definition) is 1. The van der Waals surface area contributed by atoms with E-state index in [4.69, 9.17) is 4.74 Å². The van der Waals surface area contributed by atoms with Gasteiger partial charge in [-0.2, -0.15) is 0 Å². The highest BCUT2D eigenvalue weighted by atomic mass is 16.5. The number of nitrogens with one attached hydrogen (secondary N) is 1. The molecule has 1 N–H and O–H groups in total. The summed E-state index contributed by atoms with van der Waals surface area (Å²) in [7, 11) is 0. The molecule has 0 bridgehead atoms. The summed E-state index contributed by atoms with van der Waals surface area (Å²) in [5, 5.41) is 3.44. The van der Waals surface area contributed by atoms with Crippen molar-refractivity contribution in [1.29, 1.82) is 0 Å². The standard InChI is InChI=1S/C17H21N3O/c1-3-20-12(2)10-14-16(20)13-4-7-19-11-15(13)21-17(14)5-8-18-9-6-17/h4,7,10-11,18H,3,5-6,8-9H2,1-2H3. The maximum absolute atomic E-state index is 6.48. The fraction of sp³-hybridized carbons (Fsp3) is 0.471. The van der Waals surface area contributed by atoms with E-state index < -0.39 is 0 Å². The maximum Gasteiger partial charge on any atom is 0.148 e. The van der Waals surface area contributed by atoms with Gasteiger partial charge in [-0.25, -0.2) is 0 Å². The molecule has 0 amide bonds. The van der Waals surface area contributed by atoms with E-state index in [1.54, 1.807) is 0 Å².